The van der Waals surface area contributed by atoms with Crippen molar-refractivity contribution in [2.75, 3.05) is 31.6 Å². The number of hydrogen-bond acceptors (Lipinski definition) is 10. The lowest BCUT2D eigenvalue weighted by molar-refractivity contribution is -0.0518. The van der Waals surface area contributed by atoms with Crippen molar-refractivity contribution in [1.82, 2.24) is 15.2 Å². The van der Waals surface area contributed by atoms with E-state index in [1.54, 1.807) is 54.8 Å². The third-order valence-electron chi connectivity index (χ3n) is 8.67. The maximum absolute atomic E-state index is 13.5. The zero-order chi connectivity index (χ0) is 34.0. The number of nitrogens with one attached hydrogen (secondary N) is 1. The third kappa shape index (κ3) is 8.78. The van der Waals surface area contributed by atoms with Gasteiger partial charge in [-0.1, -0.05) is 18.6 Å². The van der Waals surface area contributed by atoms with Crippen LogP contribution in [0.15, 0.2) is 42.6 Å². The van der Waals surface area contributed by atoms with Gasteiger partial charge in [0.25, 0.3) is 0 Å². The first-order valence-electron chi connectivity index (χ1n) is 16.3. The molecular weight excluding hydrogens is 604 g/mol. The van der Waals surface area contributed by atoms with E-state index in [-0.39, 0.29) is 13.1 Å². The molecular formula is C35H48N4O8. The molecule has 2 aliphatic heterocycles. The molecule has 1 spiro atoms. The van der Waals surface area contributed by atoms with Crippen LogP contribution in [0.5, 0.6) is 5.75 Å². The van der Waals surface area contributed by atoms with Gasteiger partial charge in [-0.15, -0.1) is 0 Å². The zero-order valence-corrected chi connectivity index (χ0v) is 28.5. The van der Waals surface area contributed by atoms with Crippen molar-refractivity contribution in [3.63, 3.8) is 0 Å². The number of rotatable bonds is 8. The van der Waals surface area contributed by atoms with Crippen LogP contribution in [0.1, 0.15) is 71.9 Å². The Labute approximate surface area is 277 Å². The first-order valence-corrected chi connectivity index (χ1v) is 16.3. The molecule has 0 unspecified atom stereocenters. The van der Waals surface area contributed by atoms with Crippen molar-refractivity contribution in [1.29, 1.82) is 0 Å². The van der Waals surface area contributed by atoms with E-state index in [4.69, 9.17) is 23.7 Å². The summed E-state index contributed by atoms with van der Waals surface area (Å²) in [6.07, 6.45) is 1.61. The number of hydrogen-bond donors (Lipinski definition) is 1. The maximum atomic E-state index is 13.5. The molecule has 2 saturated heterocycles. The molecule has 0 radical (unpaired) electrons. The van der Waals surface area contributed by atoms with Crippen molar-refractivity contribution in [3.05, 3.63) is 53.7 Å². The highest BCUT2D eigenvalue weighted by molar-refractivity contribution is 5.71. The second-order valence-electron chi connectivity index (χ2n) is 14.8. The molecule has 1 N–H and O–H groups in total. The summed E-state index contributed by atoms with van der Waals surface area (Å²) in [4.78, 5) is 47.9. The van der Waals surface area contributed by atoms with Gasteiger partial charge in [0.1, 0.15) is 22.8 Å². The molecule has 1 aromatic carbocycles. The number of carbonyl (C=O) groups excluding carboxylic acids is 3. The highest BCUT2D eigenvalue weighted by Gasteiger charge is 2.50. The largest absolute Gasteiger partial charge is 0.509 e. The van der Waals surface area contributed by atoms with Crippen molar-refractivity contribution in [3.8, 4) is 5.75 Å². The summed E-state index contributed by atoms with van der Waals surface area (Å²) < 4.78 is 28.1. The molecule has 256 valence electrons. The predicted molar refractivity (Wildman–Crippen MR) is 174 cm³/mol. The lowest BCUT2D eigenvalue weighted by Gasteiger charge is -2.56. The Morgan fingerprint density at radius 2 is 1.62 bits per heavy atom. The summed E-state index contributed by atoms with van der Waals surface area (Å²) >= 11 is 0. The van der Waals surface area contributed by atoms with Crippen molar-refractivity contribution >= 4 is 24.2 Å². The minimum atomic E-state index is -1.02. The van der Waals surface area contributed by atoms with Gasteiger partial charge < -0.3 is 33.9 Å². The number of pyridine rings is 1. The van der Waals surface area contributed by atoms with Crippen LogP contribution >= 0.6 is 0 Å². The molecule has 3 fully saturated rings. The van der Waals surface area contributed by atoms with Crippen LogP contribution in [0.2, 0.25) is 0 Å². The van der Waals surface area contributed by atoms with Gasteiger partial charge in [0.15, 0.2) is 12.2 Å². The van der Waals surface area contributed by atoms with E-state index in [0.29, 0.717) is 17.6 Å². The molecule has 1 aromatic heterocycles. The van der Waals surface area contributed by atoms with Crippen LogP contribution in [-0.2, 0) is 31.9 Å². The number of amides is 2. The first kappa shape index (κ1) is 34.1. The van der Waals surface area contributed by atoms with Gasteiger partial charge in [0, 0.05) is 31.2 Å². The minimum absolute atomic E-state index is 0.0576. The van der Waals surface area contributed by atoms with Gasteiger partial charge in [-0.3, -0.25) is 4.90 Å². The van der Waals surface area contributed by atoms with Crippen molar-refractivity contribution in [2.24, 2.45) is 5.41 Å². The molecule has 3 heterocycles. The Morgan fingerprint density at radius 3 is 2.21 bits per heavy atom. The average molecular weight is 653 g/mol. The highest BCUT2D eigenvalue weighted by Crippen LogP contribution is 2.49. The van der Waals surface area contributed by atoms with Gasteiger partial charge in [0.2, 0.25) is 0 Å². The molecule has 5 rings (SSSR count). The average Bonchev–Trinajstić information content (AvgIpc) is 3.25. The number of alkyl carbamates (subject to hydrolysis) is 1. The standard InChI is InChI=1S/C35H48N4O8/c1-33(2,3)46-31(41)39-20-27(44-32(42)47-34(4,5)6)29(26(39)17-23-9-11-25(43-7)12-10-23)45-30(40)37-19-24-13-16-36-28(18-24)38-21-35(22-38)14-8-15-35/h9-13,16,18,26-27,29H,8,14-15,17,19-22H2,1-7H3,(H,37,40)/t26-,27+,29+/m1/s1. The smallest absolute Gasteiger partial charge is 0.497 e. The highest BCUT2D eigenvalue weighted by atomic mass is 16.7. The number of likely N-dealkylation sites (tertiary alicyclic amines) is 1. The van der Waals surface area contributed by atoms with Gasteiger partial charge in [-0.2, -0.15) is 0 Å². The summed E-state index contributed by atoms with van der Waals surface area (Å²) in [5.41, 5.74) is 0.607. The number of nitrogens with zero attached hydrogens (tertiary/aromatic N) is 3. The van der Waals surface area contributed by atoms with E-state index in [1.807, 2.05) is 36.4 Å². The lowest BCUT2D eigenvalue weighted by atomic mass is 9.63. The molecule has 0 bridgehead atoms. The molecule has 2 amide bonds. The Morgan fingerprint density at radius 1 is 0.936 bits per heavy atom. The number of anilines is 1. The molecule has 3 aliphatic rings. The van der Waals surface area contributed by atoms with Crippen LogP contribution in [0.4, 0.5) is 20.2 Å². The molecule has 47 heavy (non-hydrogen) atoms. The van der Waals surface area contributed by atoms with Gasteiger partial charge in [-0.05, 0) is 96.2 Å². The SMILES string of the molecule is COc1ccc(C[C@@H]2[C@H](OC(=O)NCc3ccnc(N4CC5(CCC5)C4)c3)[C@@H](OC(=O)OC(C)(C)C)CN2C(=O)OC(C)(C)C)cc1. The van der Waals surface area contributed by atoms with E-state index < -0.39 is 47.8 Å². The van der Waals surface area contributed by atoms with E-state index >= 15 is 0 Å². The fourth-order valence-corrected chi connectivity index (χ4v) is 6.28. The van der Waals surface area contributed by atoms with Crippen molar-refractivity contribution in [2.45, 2.75) is 103 Å². The number of benzene rings is 1. The second-order valence-corrected chi connectivity index (χ2v) is 14.8. The van der Waals surface area contributed by atoms with E-state index in [0.717, 1.165) is 30.0 Å². The predicted octanol–water partition coefficient (Wildman–Crippen LogP) is 5.86. The van der Waals surface area contributed by atoms with Crippen LogP contribution in [0.3, 0.4) is 0 Å². The summed E-state index contributed by atoms with van der Waals surface area (Å²) in [5, 5.41) is 2.83. The number of aromatic nitrogens is 1. The Kier molecular flexibility index (Phi) is 9.79. The van der Waals surface area contributed by atoms with Gasteiger partial charge in [0.05, 0.1) is 19.7 Å². The Balaban J connectivity index is 1.33. The molecule has 3 atom stereocenters. The molecule has 1 aliphatic carbocycles. The van der Waals surface area contributed by atoms with Crippen LogP contribution in [0.25, 0.3) is 0 Å². The zero-order valence-electron chi connectivity index (χ0n) is 28.5. The van der Waals surface area contributed by atoms with Crippen LogP contribution < -0.4 is 15.0 Å². The molecule has 12 nitrogen and oxygen atoms in total. The lowest BCUT2D eigenvalue weighted by Crippen LogP contribution is -2.60. The maximum Gasteiger partial charge on any atom is 0.509 e. The summed E-state index contributed by atoms with van der Waals surface area (Å²) in [6.45, 7) is 12.7. The molecule has 1 saturated carbocycles. The topological polar surface area (TPSA) is 129 Å². The first-order chi connectivity index (χ1) is 22.1. The number of ether oxygens (including phenoxy) is 5. The summed E-state index contributed by atoms with van der Waals surface area (Å²) in [6, 6.07) is 10.5. The summed E-state index contributed by atoms with van der Waals surface area (Å²) in [7, 11) is 1.58. The monoisotopic (exact) mass is 652 g/mol. The van der Waals surface area contributed by atoms with E-state index in [9.17, 15) is 14.4 Å². The Hall–Kier alpha value is -4.22. The number of carbonyl (C=O) groups is 3. The van der Waals surface area contributed by atoms with Crippen LogP contribution in [0, 0.1) is 5.41 Å². The Bertz CT molecular complexity index is 1420. The third-order valence-corrected chi connectivity index (χ3v) is 8.67. The van der Waals surface area contributed by atoms with Gasteiger partial charge in [-0.25, -0.2) is 19.4 Å². The van der Waals surface area contributed by atoms with Gasteiger partial charge >= 0.3 is 18.3 Å². The molecule has 2 aromatic rings. The van der Waals surface area contributed by atoms with Crippen LogP contribution in [-0.4, -0.2) is 84.4 Å². The fourth-order valence-electron chi connectivity index (χ4n) is 6.28. The van der Waals surface area contributed by atoms with Crippen molar-refractivity contribution < 1.29 is 38.1 Å². The number of methoxy groups -OCH3 is 1. The minimum Gasteiger partial charge on any atom is -0.497 e. The fraction of sp³-hybridized carbons (Fsp3) is 0.600. The van der Waals surface area contributed by atoms with E-state index in [2.05, 4.69) is 15.2 Å². The summed E-state index contributed by atoms with van der Waals surface area (Å²) in [5.74, 6) is 1.57. The molecule has 12 heteroatoms. The van der Waals surface area contributed by atoms with E-state index in [1.165, 1.54) is 24.2 Å². The quantitative estimate of drug-likeness (QED) is 0.274. The second kappa shape index (κ2) is 13.5. The normalized spacial score (nSPS) is 21.7.